The number of carbonyl (C=O) groups is 2. The van der Waals surface area contributed by atoms with Gasteiger partial charge in [-0.15, -0.1) is 0 Å². The SMILES string of the molecule is Cc1cc(C(=O)N2CCC(C(C)O)CC2)ccc1NC(=O)CC(C)C. The van der Waals surface area contributed by atoms with Crippen LogP contribution in [0, 0.1) is 18.8 Å². The topological polar surface area (TPSA) is 69.6 Å². The van der Waals surface area contributed by atoms with Crippen LogP contribution in [0.4, 0.5) is 5.69 Å². The van der Waals surface area contributed by atoms with Crippen molar-refractivity contribution in [1.29, 1.82) is 0 Å². The number of hydrogen-bond acceptors (Lipinski definition) is 3. The van der Waals surface area contributed by atoms with Crippen LogP contribution in [-0.4, -0.2) is 41.0 Å². The fourth-order valence-electron chi connectivity index (χ4n) is 3.28. The number of anilines is 1. The van der Waals surface area contributed by atoms with E-state index in [2.05, 4.69) is 5.32 Å². The van der Waals surface area contributed by atoms with Crippen LogP contribution in [0.5, 0.6) is 0 Å². The van der Waals surface area contributed by atoms with Crippen molar-refractivity contribution < 1.29 is 14.7 Å². The molecule has 0 bridgehead atoms. The predicted molar refractivity (Wildman–Crippen MR) is 99.6 cm³/mol. The van der Waals surface area contributed by atoms with Gasteiger partial charge in [0.1, 0.15) is 0 Å². The minimum atomic E-state index is -0.312. The molecule has 1 aromatic carbocycles. The number of likely N-dealkylation sites (tertiary alicyclic amines) is 1. The number of aliphatic hydroxyl groups excluding tert-OH is 1. The summed E-state index contributed by atoms with van der Waals surface area (Å²) < 4.78 is 0. The van der Waals surface area contributed by atoms with E-state index in [1.807, 2.05) is 44.7 Å². The molecule has 25 heavy (non-hydrogen) atoms. The molecule has 1 aromatic rings. The molecule has 1 aliphatic rings. The molecule has 1 fully saturated rings. The molecule has 1 unspecified atom stereocenters. The van der Waals surface area contributed by atoms with Crippen LogP contribution in [0.25, 0.3) is 0 Å². The molecule has 0 aromatic heterocycles. The first-order valence-corrected chi connectivity index (χ1v) is 9.15. The minimum absolute atomic E-state index is 0.00243. The standard InChI is InChI=1S/C20H30N2O3/c1-13(2)11-19(24)21-18-6-5-17(12-14(18)3)20(25)22-9-7-16(8-10-22)15(4)23/h5-6,12-13,15-16,23H,7-11H2,1-4H3,(H,21,24). The molecule has 1 heterocycles. The minimum Gasteiger partial charge on any atom is -0.393 e. The van der Waals surface area contributed by atoms with Crippen LogP contribution < -0.4 is 5.32 Å². The summed E-state index contributed by atoms with van der Waals surface area (Å²) >= 11 is 0. The second-order valence-electron chi connectivity index (χ2n) is 7.55. The molecule has 5 nitrogen and oxygen atoms in total. The van der Waals surface area contributed by atoms with Crippen molar-refractivity contribution >= 4 is 17.5 Å². The van der Waals surface area contributed by atoms with Crippen molar-refractivity contribution in [2.24, 2.45) is 11.8 Å². The third kappa shape index (κ3) is 5.30. The average molecular weight is 346 g/mol. The van der Waals surface area contributed by atoms with Crippen LogP contribution in [0.15, 0.2) is 18.2 Å². The molecule has 0 saturated carbocycles. The van der Waals surface area contributed by atoms with Crippen LogP contribution in [-0.2, 0) is 4.79 Å². The summed E-state index contributed by atoms with van der Waals surface area (Å²) in [4.78, 5) is 26.5. The highest BCUT2D eigenvalue weighted by Gasteiger charge is 2.26. The zero-order valence-corrected chi connectivity index (χ0v) is 15.7. The van der Waals surface area contributed by atoms with Crippen molar-refractivity contribution in [2.75, 3.05) is 18.4 Å². The van der Waals surface area contributed by atoms with E-state index in [0.29, 0.717) is 31.0 Å². The lowest BCUT2D eigenvalue weighted by Gasteiger charge is -2.33. The van der Waals surface area contributed by atoms with Gasteiger partial charge in [0.05, 0.1) is 6.10 Å². The quantitative estimate of drug-likeness (QED) is 0.860. The molecule has 1 aliphatic heterocycles. The van der Waals surface area contributed by atoms with Crippen molar-refractivity contribution in [3.05, 3.63) is 29.3 Å². The molecule has 5 heteroatoms. The summed E-state index contributed by atoms with van der Waals surface area (Å²) in [6.45, 7) is 9.10. The molecule has 138 valence electrons. The fourth-order valence-corrected chi connectivity index (χ4v) is 3.28. The maximum absolute atomic E-state index is 12.7. The third-order valence-electron chi connectivity index (χ3n) is 4.85. The number of aliphatic hydroxyl groups is 1. The first-order valence-electron chi connectivity index (χ1n) is 9.15. The smallest absolute Gasteiger partial charge is 0.253 e. The number of carbonyl (C=O) groups excluding carboxylic acids is 2. The van der Waals surface area contributed by atoms with E-state index in [0.717, 1.165) is 24.1 Å². The Morgan fingerprint density at radius 2 is 1.88 bits per heavy atom. The average Bonchev–Trinajstić information content (AvgIpc) is 2.55. The lowest BCUT2D eigenvalue weighted by atomic mass is 9.92. The van der Waals surface area contributed by atoms with Gasteiger partial charge in [0.15, 0.2) is 0 Å². The highest BCUT2D eigenvalue weighted by molar-refractivity contribution is 5.96. The van der Waals surface area contributed by atoms with Crippen LogP contribution in [0.1, 0.15) is 56.0 Å². The molecule has 0 aliphatic carbocycles. The first kappa shape index (κ1) is 19.4. The van der Waals surface area contributed by atoms with E-state index in [4.69, 9.17) is 0 Å². The summed E-state index contributed by atoms with van der Waals surface area (Å²) in [6.07, 6.45) is 1.85. The molecule has 0 radical (unpaired) electrons. The Hall–Kier alpha value is -1.88. The number of piperidine rings is 1. The van der Waals surface area contributed by atoms with Gasteiger partial charge in [0.25, 0.3) is 5.91 Å². The maximum Gasteiger partial charge on any atom is 0.253 e. The highest BCUT2D eigenvalue weighted by Crippen LogP contribution is 2.23. The summed E-state index contributed by atoms with van der Waals surface area (Å²) in [5.41, 5.74) is 2.30. The molecule has 0 spiro atoms. The Labute approximate surface area is 150 Å². The van der Waals surface area contributed by atoms with Gasteiger partial charge in [-0.3, -0.25) is 9.59 Å². The zero-order valence-electron chi connectivity index (χ0n) is 15.7. The molecular weight excluding hydrogens is 316 g/mol. The molecule has 1 saturated heterocycles. The highest BCUT2D eigenvalue weighted by atomic mass is 16.3. The number of aryl methyl sites for hydroxylation is 1. The normalized spacial score (nSPS) is 16.8. The number of nitrogens with one attached hydrogen (secondary N) is 1. The summed E-state index contributed by atoms with van der Waals surface area (Å²) in [5, 5.41) is 12.6. The van der Waals surface area contributed by atoms with E-state index < -0.39 is 0 Å². The number of amides is 2. The van der Waals surface area contributed by atoms with Crippen molar-refractivity contribution in [1.82, 2.24) is 4.90 Å². The second kappa shape index (κ2) is 8.48. The number of hydrogen-bond donors (Lipinski definition) is 2. The lowest BCUT2D eigenvalue weighted by Crippen LogP contribution is -2.40. The van der Waals surface area contributed by atoms with Crippen molar-refractivity contribution in [3.63, 3.8) is 0 Å². The van der Waals surface area contributed by atoms with Crippen molar-refractivity contribution in [2.45, 2.75) is 53.1 Å². The molecule has 1 atom stereocenters. The van der Waals surface area contributed by atoms with Gasteiger partial charge in [-0.1, -0.05) is 13.8 Å². The Balaban J connectivity index is 2.00. The zero-order chi connectivity index (χ0) is 18.6. The number of nitrogens with zero attached hydrogens (tertiary/aromatic N) is 1. The van der Waals surface area contributed by atoms with Gasteiger partial charge in [-0.2, -0.15) is 0 Å². The predicted octanol–water partition coefficient (Wildman–Crippen LogP) is 3.21. The number of benzene rings is 1. The Morgan fingerprint density at radius 3 is 2.40 bits per heavy atom. The molecular formula is C20H30N2O3. The Kier molecular flexibility index (Phi) is 6.59. The van der Waals surface area contributed by atoms with Gasteiger partial charge in [0, 0.05) is 30.8 Å². The summed E-state index contributed by atoms with van der Waals surface area (Å²) in [7, 11) is 0. The van der Waals surface area contributed by atoms with E-state index in [1.54, 1.807) is 6.07 Å². The Bertz CT molecular complexity index is 617. The second-order valence-corrected chi connectivity index (χ2v) is 7.55. The Morgan fingerprint density at radius 1 is 1.24 bits per heavy atom. The van der Waals surface area contributed by atoms with Gasteiger partial charge >= 0.3 is 0 Å². The fraction of sp³-hybridized carbons (Fsp3) is 0.600. The van der Waals surface area contributed by atoms with Crippen LogP contribution in [0.2, 0.25) is 0 Å². The summed E-state index contributed by atoms with van der Waals surface area (Å²) in [5.74, 6) is 0.611. The first-order chi connectivity index (χ1) is 11.8. The molecule has 2 rings (SSSR count). The molecule has 2 N–H and O–H groups in total. The third-order valence-corrected chi connectivity index (χ3v) is 4.85. The molecule has 2 amide bonds. The lowest BCUT2D eigenvalue weighted by molar-refractivity contribution is -0.116. The van der Waals surface area contributed by atoms with Gasteiger partial charge in [-0.05, 0) is 62.3 Å². The van der Waals surface area contributed by atoms with Gasteiger partial charge in [0.2, 0.25) is 5.91 Å². The van der Waals surface area contributed by atoms with Crippen LogP contribution >= 0.6 is 0 Å². The van der Waals surface area contributed by atoms with Crippen molar-refractivity contribution in [3.8, 4) is 0 Å². The van der Waals surface area contributed by atoms with E-state index in [9.17, 15) is 14.7 Å². The van der Waals surface area contributed by atoms with Gasteiger partial charge < -0.3 is 15.3 Å². The van der Waals surface area contributed by atoms with E-state index >= 15 is 0 Å². The summed E-state index contributed by atoms with van der Waals surface area (Å²) in [6, 6.07) is 5.43. The van der Waals surface area contributed by atoms with Gasteiger partial charge in [-0.25, -0.2) is 0 Å². The van der Waals surface area contributed by atoms with Crippen LogP contribution in [0.3, 0.4) is 0 Å². The van der Waals surface area contributed by atoms with E-state index in [-0.39, 0.29) is 23.8 Å². The largest absolute Gasteiger partial charge is 0.393 e. The monoisotopic (exact) mass is 346 g/mol. The maximum atomic E-state index is 12.7. The number of rotatable bonds is 5. The van der Waals surface area contributed by atoms with E-state index in [1.165, 1.54) is 0 Å².